The number of halogens is 3. The van der Waals surface area contributed by atoms with Crippen LogP contribution in [0, 0.1) is 0 Å². The lowest BCUT2D eigenvalue weighted by atomic mass is 9.99. The Morgan fingerprint density at radius 3 is 2.42 bits per heavy atom. The van der Waals surface area contributed by atoms with Crippen LogP contribution in [0.25, 0.3) is 0 Å². The van der Waals surface area contributed by atoms with Gasteiger partial charge in [0.15, 0.2) is 5.82 Å². The van der Waals surface area contributed by atoms with Gasteiger partial charge >= 0.3 is 6.36 Å². The normalized spacial score (nSPS) is 17.2. The van der Waals surface area contributed by atoms with E-state index in [0.29, 0.717) is 24.6 Å². The zero-order valence-electron chi connectivity index (χ0n) is 13.0. The van der Waals surface area contributed by atoms with Gasteiger partial charge in [-0.1, -0.05) is 30.1 Å². The van der Waals surface area contributed by atoms with E-state index in [1.807, 2.05) is 0 Å². The van der Waals surface area contributed by atoms with E-state index in [9.17, 15) is 13.2 Å². The molecule has 0 bridgehead atoms. The van der Waals surface area contributed by atoms with E-state index >= 15 is 0 Å². The summed E-state index contributed by atoms with van der Waals surface area (Å²) in [5, 5.41) is 3.98. The molecule has 1 saturated carbocycles. The van der Waals surface area contributed by atoms with Crippen LogP contribution in [0.15, 0.2) is 28.8 Å². The third kappa shape index (κ3) is 4.05. The van der Waals surface area contributed by atoms with Crippen molar-refractivity contribution in [1.82, 2.24) is 10.1 Å². The molecule has 130 valence electrons. The molecule has 3 rings (SSSR count). The molecule has 2 aromatic rings. The Morgan fingerprint density at radius 2 is 1.79 bits per heavy atom. The first-order valence-corrected chi connectivity index (χ1v) is 7.81. The Morgan fingerprint density at radius 1 is 1.12 bits per heavy atom. The molecule has 0 saturated heterocycles. The number of ether oxygens (including phenoxy) is 1. The molecule has 24 heavy (non-hydrogen) atoms. The van der Waals surface area contributed by atoms with Crippen LogP contribution in [0.1, 0.15) is 43.0 Å². The Balaban J connectivity index is 1.57. The summed E-state index contributed by atoms with van der Waals surface area (Å²) in [6.07, 6.45) is 0.229. The lowest BCUT2D eigenvalue weighted by molar-refractivity contribution is -0.274. The van der Waals surface area contributed by atoms with Gasteiger partial charge in [-0.15, -0.1) is 13.2 Å². The summed E-state index contributed by atoms with van der Waals surface area (Å²) in [7, 11) is 0. The van der Waals surface area contributed by atoms with Crippen LogP contribution in [0.2, 0.25) is 0 Å². The molecule has 1 fully saturated rings. The third-order valence-electron chi connectivity index (χ3n) is 4.19. The topological polar surface area (TPSA) is 74.2 Å². The summed E-state index contributed by atoms with van der Waals surface area (Å²) in [5.41, 5.74) is 6.64. The number of rotatable bonds is 5. The molecule has 0 radical (unpaired) electrons. The minimum Gasteiger partial charge on any atom is -0.406 e. The smallest absolute Gasteiger partial charge is 0.406 e. The predicted octanol–water partition coefficient (Wildman–Crippen LogP) is 3.48. The summed E-state index contributed by atoms with van der Waals surface area (Å²) in [6, 6.07) is 5.74. The van der Waals surface area contributed by atoms with E-state index in [2.05, 4.69) is 14.9 Å². The van der Waals surface area contributed by atoms with Crippen LogP contribution in [-0.4, -0.2) is 16.5 Å². The van der Waals surface area contributed by atoms with Crippen molar-refractivity contribution in [1.29, 1.82) is 0 Å². The summed E-state index contributed by atoms with van der Waals surface area (Å²) in [5.74, 6) is 0.791. The van der Waals surface area contributed by atoms with Crippen molar-refractivity contribution in [2.45, 2.75) is 50.4 Å². The molecule has 2 N–H and O–H groups in total. The van der Waals surface area contributed by atoms with Crippen LogP contribution in [0.3, 0.4) is 0 Å². The first-order chi connectivity index (χ1) is 11.3. The summed E-state index contributed by atoms with van der Waals surface area (Å²) < 4.78 is 45.4. The van der Waals surface area contributed by atoms with Crippen molar-refractivity contribution in [3.8, 4) is 5.75 Å². The fourth-order valence-corrected chi connectivity index (χ4v) is 2.90. The van der Waals surface area contributed by atoms with Gasteiger partial charge in [0.25, 0.3) is 0 Å². The van der Waals surface area contributed by atoms with E-state index in [1.54, 1.807) is 12.1 Å². The maximum absolute atomic E-state index is 12.1. The lowest BCUT2D eigenvalue weighted by Crippen LogP contribution is -2.34. The molecule has 1 aromatic carbocycles. The predicted molar refractivity (Wildman–Crippen MR) is 79.2 cm³/mol. The monoisotopic (exact) mass is 341 g/mol. The van der Waals surface area contributed by atoms with Gasteiger partial charge < -0.3 is 15.0 Å². The molecule has 0 atom stereocenters. The molecule has 0 amide bonds. The highest BCUT2D eigenvalue weighted by atomic mass is 19.4. The van der Waals surface area contributed by atoms with Crippen molar-refractivity contribution in [2.24, 2.45) is 5.73 Å². The molecule has 0 spiro atoms. The van der Waals surface area contributed by atoms with E-state index in [4.69, 9.17) is 10.3 Å². The number of hydrogen-bond donors (Lipinski definition) is 1. The number of nitrogens with zero attached hydrogens (tertiary/aromatic N) is 2. The molecule has 1 aliphatic rings. The molecule has 5 nitrogen and oxygen atoms in total. The van der Waals surface area contributed by atoms with Gasteiger partial charge in [0, 0.05) is 6.42 Å². The number of nitrogens with two attached hydrogens (primary N) is 1. The van der Waals surface area contributed by atoms with Crippen LogP contribution in [0.4, 0.5) is 13.2 Å². The SMILES string of the molecule is NC1(c2noc(CCc3ccc(OC(F)(F)F)cc3)n2)CCCC1. The highest BCUT2D eigenvalue weighted by Crippen LogP contribution is 2.34. The summed E-state index contributed by atoms with van der Waals surface area (Å²) >= 11 is 0. The van der Waals surface area contributed by atoms with E-state index in [-0.39, 0.29) is 5.75 Å². The quantitative estimate of drug-likeness (QED) is 0.901. The minimum absolute atomic E-state index is 0.238. The molecule has 1 aromatic heterocycles. The second kappa shape index (κ2) is 6.43. The van der Waals surface area contributed by atoms with Crippen LogP contribution < -0.4 is 10.5 Å². The average Bonchev–Trinajstić information content (AvgIpc) is 3.15. The van der Waals surface area contributed by atoms with Crippen molar-refractivity contribution in [3.63, 3.8) is 0 Å². The largest absolute Gasteiger partial charge is 0.573 e. The minimum atomic E-state index is -4.68. The van der Waals surface area contributed by atoms with Crippen LogP contribution in [0.5, 0.6) is 5.75 Å². The number of alkyl halides is 3. The van der Waals surface area contributed by atoms with Gasteiger partial charge in [-0.05, 0) is 37.0 Å². The zero-order chi connectivity index (χ0) is 17.2. The Labute approximate surface area is 137 Å². The van der Waals surface area contributed by atoms with Gasteiger partial charge in [-0.3, -0.25) is 0 Å². The van der Waals surface area contributed by atoms with Crippen LogP contribution >= 0.6 is 0 Å². The number of benzene rings is 1. The van der Waals surface area contributed by atoms with Gasteiger partial charge in [0.2, 0.25) is 5.89 Å². The zero-order valence-corrected chi connectivity index (χ0v) is 13.0. The summed E-state index contributed by atoms with van der Waals surface area (Å²) in [6.45, 7) is 0. The Hall–Kier alpha value is -2.09. The first kappa shape index (κ1) is 16.8. The average molecular weight is 341 g/mol. The fraction of sp³-hybridized carbons (Fsp3) is 0.500. The van der Waals surface area contributed by atoms with Crippen molar-refractivity contribution in [3.05, 3.63) is 41.5 Å². The van der Waals surface area contributed by atoms with Crippen molar-refractivity contribution < 1.29 is 22.4 Å². The third-order valence-corrected chi connectivity index (χ3v) is 4.19. The lowest BCUT2D eigenvalue weighted by Gasteiger charge is -2.17. The number of aromatic nitrogens is 2. The molecule has 8 heteroatoms. The maximum atomic E-state index is 12.1. The first-order valence-electron chi connectivity index (χ1n) is 7.81. The fourth-order valence-electron chi connectivity index (χ4n) is 2.90. The standard InChI is InChI=1S/C16H18F3N3O2/c17-16(18,19)23-12-6-3-11(4-7-12)5-8-13-21-14(22-24-13)15(20)9-1-2-10-15/h3-4,6-7H,1-2,5,8-10,20H2. The van der Waals surface area contributed by atoms with E-state index in [0.717, 1.165) is 31.2 Å². The summed E-state index contributed by atoms with van der Waals surface area (Å²) in [4.78, 5) is 4.37. The number of aryl methyl sites for hydroxylation is 2. The number of hydrogen-bond acceptors (Lipinski definition) is 5. The Bertz CT molecular complexity index is 677. The molecule has 0 unspecified atom stereocenters. The van der Waals surface area contributed by atoms with E-state index in [1.165, 1.54) is 12.1 Å². The molecule has 1 aliphatic carbocycles. The highest BCUT2D eigenvalue weighted by molar-refractivity contribution is 5.27. The van der Waals surface area contributed by atoms with Crippen molar-refractivity contribution >= 4 is 0 Å². The van der Waals surface area contributed by atoms with Gasteiger partial charge in [-0.25, -0.2) is 0 Å². The second-order valence-electron chi connectivity index (χ2n) is 6.07. The van der Waals surface area contributed by atoms with Gasteiger partial charge in [-0.2, -0.15) is 4.98 Å². The van der Waals surface area contributed by atoms with Gasteiger partial charge in [0.1, 0.15) is 5.75 Å². The second-order valence-corrected chi connectivity index (χ2v) is 6.07. The van der Waals surface area contributed by atoms with E-state index < -0.39 is 11.9 Å². The Kier molecular flexibility index (Phi) is 4.49. The van der Waals surface area contributed by atoms with Crippen LogP contribution in [-0.2, 0) is 18.4 Å². The maximum Gasteiger partial charge on any atom is 0.573 e. The molecule has 1 heterocycles. The molecular weight excluding hydrogens is 323 g/mol. The molecular formula is C16H18F3N3O2. The highest BCUT2D eigenvalue weighted by Gasteiger charge is 2.35. The van der Waals surface area contributed by atoms with Crippen molar-refractivity contribution in [2.75, 3.05) is 0 Å². The van der Waals surface area contributed by atoms with Gasteiger partial charge in [0.05, 0.1) is 5.54 Å². The molecule has 0 aliphatic heterocycles.